The average molecular weight is 1030 g/mol. The van der Waals surface area contributed by atoms with Crippen molar-refractivity contribution >= 4 is 57.3 Å². The Morgan fingerprint density at radius 3 is 1.44 bits per heavy atom. The molecule has 0 atom stereocenters. The van der Waals surface area contributed by atoms with Crippen LogP contribution in [-0.4, -0.2) is 108 Å². The number of hydrogen-bond donors (Lipinski definition) is 1. The molecule has 2 aromatic heterocycles. The predicted molar refractivity (Wildman–Crippen MR) is 283 cm³/mol. The molecule has 1 N–H and O–H groups in total. The molecule has 12 nitrogen and oxygen atoms in total. The molecule has 4 heterocycles. The van der Waals surface area contributed by atoms with E-state index in [4.69, 9.17) is 14.2 Å². The first-order valence-electron chi connectivity index (χ1n) is 24.8. The standard InChI is InChI=1S/C29H35FN2O4S.C27H31FN2O4S/c1-3-36-28(34)29(13-16-31(17-14-29)18-19-37-25-7-4-6-23(30)20-25)12-5-15-32-26-21-24(35-2)10-8-22(26)9-11-27(32)33;1-34-22-8-6-20-7-9-25(31)30(24(20)19-22)13-3-10-27(26(32)33)11-14-29(15-12-27)16-17-35-23-5-2-4-21(28)18-23/h4,6-11,20-21H,3,5,12-19H2,1-2H3;2,4-9,18-19H,3,10-17H2,1H3,(H,32,33). The monoisotopic (exact) mass is 1020 g/mol. The Kier molecular flexibility index (Phi) is 19.4. The largest absolute Gasteiger partial charge is 0.497 e. The Morgan fingerprint density at radius 1 is 0.597 bits per heavy atom. The Labute approximate surface area is 428 Å². The second kappa shape index (κ2) is 25.8. The Morgan fingerprint density at radius 2 is 1.03 bits per heavy atom. The summed E-state index contributed by atoms with van der Waals surface area (Å²) in [5.41, 5.74) is 0.179. The summed E-state index contributed by atoms with van der Waals surface area (Å²) >= 11 is 3.26. The zero-order valence-electron chi connectivity index (χ0n) is 41.5. The molecule has 0 aliphatic carbocycles. The molecule has 0 saturated carbocycles. The van der Waals surface area contributed by atoms with Gasteiger partial charge in [0.05, 0.1) is 42.7 Å². The molecule has 2 aliphatic rings. The first-order valence-corrected chi connectivity index (χ1v) is 26.8. The lowest BCUT2D eigenvalue weighted by molar-refractivity contribution is -0.159. The van der Waals surface area contributed by atoms with Crippen molar-refractivity contribution in [3.63, 3.8) is 0 Å². The predicted octanol–water partition coefficient (Wildman–Crippen LogP) is 10.3. The number of nitrogens with zero attached hydrogens (tertiary/aromatic N) is 4. The number of pyridine rings is 2. The van der Waals surface area contributed by atoms with Gasteiger partial charge < -0.3 is 38.3 Å². The topological polar surface area (TPSA) is 133 Å². The second-order valence-electron chi connectivity index (χ2n) is 18.6. The third-order valence-corrected chi connectivity index (χ3v) is 16.2. The molecule has 0 bridgehead atoms. The number of carboxylic acid groups (broad SMARTS) is 1. The Balaban J connectivity index is 0.000000212. The third-order valence-electron chi connectivity index (χ3n) is 14.2. The van der Waals surface area contributed by atoms with Gasteiger partial charge in [-0.25, -0.2) is 8.78 Å². The summed E-state index contributed by atoms with van der Waals surface area (Å²) in [7, 11) is 3.21. The SMILES string of the molecule is CCOC(=O)C1(CCCn2c(=O)ccc3ccc(OC)cc32)CCN(CCSc2cccc(F)c2)CC1.COc1ccc2ccc(=O)n(CCCC3(C(=O)O)CCN(CCSc4cccc(F)c4)CC3)c2c1. The molecule has 4 aromatic carbocycles. The number of esters is 1. The lowest BCUT2D eigenvalue weighted by Crippen LogP contribution is -2.46. The summed E-state index contributed by atoms with van der Waals surface area (Å²) in [6, 6.07) is 31.4. The fraction of sp³-hybridized carbons (Fsp3) is 0.429. The van der Waals surface area contributed by atoms with Crippen LogP contribution in [0.15, 0.2) is 129 Å². The van der Waals surface area contributed by atoms with Crippen LogP contribution in [-0.2, 0) is 27.4 Å². The number of carbonyl (C=O) groups excluding carboxylic acids is 1. The highest BCUT2D eigenvalue weighted by Crippen LogP contribution is 2.39. The first-order chi connectivity index (χ1) is 34.8. The highest BCUT2D eigenvalue weighted by molar-refractivity contribution is 7.99. The third kappa shape index (κ3) is 14.1. The van der Waals surface area contributed by atoms with E-state index in [-0.39, 0.29) is 28.7 Å². The first kappa shape index (κ1) is 54.1. The maximum Gasteiger partial charge on any atom is 0.312 e. The maximum atomic E-state index is 13.4. The van der Waals surface area contributed by atoms with Crippen molar-refractivity contribution in [2.45, 2.75) is 81.2 Å². The van der Waals surface area contributed by atoms with E-state index >= 15 is 0 Å². The van der Waals surface area contributed by atoms with Crippen LogP contribution >= 0.6 is 23.5 Å². The van der Waals surface area contributed by atoms with Crippen LogP contribution in [0.25, 0.3) is 21.8 Å². The van der Waals surface area contributed by atoms with Crippen molar-refractivity contribution in [1.29, 1.82) is 0 Å². The van der Waals surface area contributed by atoms with Crippen molar-refractivity contribution < 1.29 is 37.7 Å². The quantitative estimate of drug-likeness (QED) is 0.0544. The number of methoxy groups -OCH3 is 2. The number of ether oxygens (including phenoxy) is 3. The second-order valence-corrected chi connectivity index (χ2v) is 20.9. The van der Waals surface area contributed by atoms with Crippen LogP contribution in [0.3, 0.4) is 0 Å². The van der Waals surface area contributed by atoms with Gasteiger partial charge in [-0.2, -0.15) is 0 Å². The minimum atomic E-state index is -0.766. The van der Waals surface area contributed by atoms with Crippen LogP contribution in [0.1, 0.15) is 58.3 Å². The number of fused-ring (bicyclic) bond motifs is 2. The summed E-state index contributed by atoms with van der Waals surface area (Å²) in [6.07, 6.45) is 5.15. The zero-order chi connectivity index (χ0) is 51.1. The number of aromatic nitrogens is 2. The smallest absolute Gasteiger partial charge is 0.312 e. The number of aliphatic carboxylic acids is 1. The maximum absolute atomic E-state index is 13.4. The van der Waals surface area contributed by atoms with E-state index < -0.39 is 16.8 Å². The Bertz CT molecular complexity index is 2900. The van der Waals surface area contributed by atoms with E-state index in [2.05, 4.69) is 9.80 Å². The van der Waals surface area contributed by atoms with E-state index in [9.17, 15) is 33.1 Å². The van der Waals surface area contributed by atoms with E-state index in [0.29, 0.717) is 69.7 Å². The van der Waals surface area contributed by atoms with Crippen LogP contribution in [0.4, 0.5) is 8.78 Å². The van der Waals surface area contributed by atoms with Crippen molar-refractivity contribution in [1.82, 2.24) is 18.9 Å². The number of carbonyl (C=O) groups is 2. The van der Waals surface area contributed by atoms with Crippen molar-refractivity contribution in [3.05, 3.63) is 142 Å². The van der Waals surface area contributed by atoms with E-state index in [1.807, 2.05) is 61.5 Å². The molecule has 0 radical (unpaired) electrons. The fourth-order valence-corrected chi connectivity index (χ4v) is 11.8. The molecule has 0 unspecified atom stereocenters. The zero-order valence-corrected chi connectivity index (χ0v) is 43.1. The molecule has 6 aromatic rings. The van der Waals surface area contributed by atoms with Crippen molar-refractivity contribution in [2.24, 2.45) is 10.8 Å². The fourth-order valence-electron chi connectivity index (χ4n) is 9.92. The number of carboxylic acids is 1. The van der Waals surface area contributed by atoms with Crippen LogP contribution in [0.2, 0.25) is 0 Å². The molecule has 0 spiro atoms. The highest BCUT2D eigenvalue weighted by Gasteiger charge is 2.43. The number of hydrogen-bond acceptors (Lipinski definition) is 11. The van der Waals surface area contributed by atoms with Gasteiger partial charge in [0.15, 0.2) is 0 Å². The summed E-state index contributed by atoms with van der Waals surface area (Å²) in [5, 5.41) is 12.0. The molecular formula is C56H66F2N4O8S2. The van der Waals surface area contributed by atoms with Crippen LogP contribution in [0.5, 0.6) is 11.5 Å². The number of rotatable bonds is 21. The van der Waals surface area contributed by atoms with E-state index in [1.54, 1.807) is 83.3 Å². The number of likely N-dealkylation sites (tertiary alicyclic amines) is 2. The summed E-state index contributed by atoms with van der Waals surface area (Å²) in [6.45, 7) is 7.98. The molecule has 16 heteroatoms. The van der Waals surface area contributed by atoms with Crippen molar-refractivity contribution in [2.75, 3.05) is 71.6 Å². The van der Waals surface area contributed by atoms with Gasteiger partial charge in [-0.15, -0.1) is 23.5 Å². The molecule has 0 amide bonds. The average Bonchev–Trinajstić information content (AvgIpc) is 3.38. The molecule has 2 saturated heterocycles. The van der Waals surface area contributed by atoms with Gasteiger partial charge >= 0.3 is 11.9 Å². The molecule has 72 heavy (non-hydrogen) atoms. The highest BCUT2D eigenvalue weighted by atomic mass is 32.2. The van der Waals surface area contributed by atoms with Gasteiger partial charge in [0, 0.05) is 71.7 Å². The normalized spacial score (nSPS) is 15.7. The molecule has 2 fully saturated rings. The van der Waals surface area contributed by atoms with Gasteiger partial charge in [0.1, 0.15) is 23.1 Å². The molecule has 8 rings (SSSR count). The van der Waals surface area contributed by atoms with Gasteiger partial charge in [0.2, 0.25) is 0 Å². The van der Waals surface area contributed by atoms with E-state index in [0.717, 1.165) is 95.2 Å². The van der Waals surface area contributed by atoms with Crippen molar-refractivity contribution in [3.8, 4) is 11.5 Å². The minimum absolute atomic E-state index is 0.0587. The van der Waals surface area contributed by atoms with Gasteiger partial charge in [-0.05, 0) is 168 Å². The lowest BCUT2D eigenvalue weighted by atomic mass is 9.74. The summed E-state index contributed by atoms with van der Waals surface area (Å²) in [5.74, 6) is 1.75. The lowest BCUT2D eigenvalue weighted by Gasteiger charge is -2.40. The number of thioether (sulfide) groups is 2. The summed E-state index contributed by atoms with van der Waals surface area (Å²) in [4.78, 5) is 57.1. The van der Waals surface area contributed by atoms with Gasteiger partial charge in [0.25, 0.3) is 11.1 Å². The van der Waals surface area contributed by atoms with Gasteiger partial charge in [-0.3, -0.25) is 19.2 Å². The van der Waals surface area contributed by atoms with Gasteiger partial charge in [-0.1, -0.05) is 12.1 Å². The summed E-state index contributed by atoms with van der Waals surface area (Å²) < 4.78 is 46.5. The minimum Gasteiger partial charge on any atom is -0.497 e. The number of benzene rings is 4. The molecule has 2 aliphatic heterocycles. The van der Waals surface area contributed by atoms with Crippen LogP contribution < -0.4 is 20.6 Å². The number of piperidine rings is 2. The Hall–Kier alpha value is -5.68. The number of halogens is 2. The van der Waals surface area contributed by atoms with Crippen LogP contribution in [0, 0.1) is 22.5 Å². The number of aryl methyl sites for hydroxylation is 2. The van der Waals surface area contributed by atoms with E-state index in [1.165, 1.54) is 18.2 Å². The molecular weight excluding hydrogens is 959 g/mol. The molecule has 384 valence electrons.